The van der Waals surface area contributed by atoms with Crippen LogP contribution in [0.3, 0.4) is 0 Å². The molecular formula is C24H24N2O4S2. The lowest BCUT2D eigenvalue weighted by Gasteiger charge is -2.08. The number of rotatable bonds is 5. The number of aryl methyl sites for hydroxylation is 4. The van der Waals surface area contributed by atoms with Crippen LogP contribution in [0.15, 0.2) is 82.8 Å². The molecule has 0 spiro atoms. The molecule has 0 saturated heterocycles. The molecule has 0 aliphatic rings. The standard InChI is InChI=1S/C24H24N2O4S2/c1-17-5-9-23(10-6-17)31(27,28)25-15-21(13-19(25)3)22-14-20(4)26(16-22)32(29,30)24-11-7-18(2)8-12-24/h5-16H,1-4H3. The van der Waals surface area contributed by atoms with Gasteiger partial charge in [0.1, 0.15) is 0 Å². The molecule has 6 nitrogen and oxygen atoms in total. The number of benzene rings is 2. The van der Waals surface area contributed by atoms with Crippen molar-refractivity contribution in [2.75, 3.05) is 0 Å². The molecule has 0 fully saturated rings. The van der Waals surface area contributed by atoms with Crippen molar-refractivity contribution in [3.63, 3.8) is 0 Å². The second-order valence-corrected chi connectivity index (χ2v) is 11.6. The number of nitrogens with zero attached hydrogens (tertiary/aromatic N) is 2. The molecule has 0 saturated carbocycles. The third-order valence-electron chi connectivity index (χ3n) is 5.43. The summed E-state index contributed by atoms with van der Waals surface area (Å²) >= 11 is 0. The lowest BCUT2D eigenvalue weighted by atomic mass is 10.2. The Kier molecular flexibility index (Phi) is 5.38. The first-order chi connectivity index (χ1) is 15.0. The first-order valence-corrected chi connectivity index (χ1v) is 12.9. The number of hydrogen-bond acceptors (Lipinski definition) is 4. The van der Waals surface area contributed by atoms with Gasteiger partial charge in [-0.2, -0.15) is 0 Å². The van der Waals surface area contributed by atoms with E-state index >= 15 is 0 Å². The highest BCUT2D eigenvalue weighted by Crippen LogP contribution is 2.29. The van der Waals surface area contributed by atoms with Crippen molar-refractivity contribution in [2.45, 2.75) is 37.5 Å². The highest BCUT2D eigenvalue weighted by molar-refractivity contribution is 7.90. The van der Waals surface area contributed by atoms with Crippen LogP contribution in [0.4, 0.5) is 0 Å². The van der Waals surface area contributed by atoms with Crippen molar-refractivity contribution < 1.29 is 16.8 Å². The summed E-state index contributed by atoms with van der Waals surface area (Å²) in [5, 5.41) is 0. The maximum atomic E-state index is 13.1. The zero-order chi connectivity index (χ0) is 23.3. The monoisotopic (exact) mass is 468 g/mol. The van der Waals surface area contributed by atoms with Gasteiger partial charge in [0.05, 0.1) is 9.79 Å². The Morgan fingerprint density at radius 3 is 1.16 bits per heavy atom. The zero-order valence-electron chi connectivity index (χ0n) is 18.3. The van der Waals surface area contributed by atoms with Crippen molar-refractivity contribution in [1.29, 1.82) is 0 Å². The van der Waals surface area contributed by atoms with Gasteiger partial charge in [-0.05, 0) is 64.1 Å². The van der Waals surface area contributed by atoms with Gasteiger partial charge in [0, 0.05) is 34.9 Å². The van der Waals surface area contributed by atoms with E-state index in [1.54, 1.807) is 74.5 Å². The second-order valence-electron chi connectivity index (χ2n) is 7.97. The van der Waals surface area contributed by atoms with Crippen molar-refractivity contribution in [1.82, 2.24) is 7.94 Å². The average Bonchev–Trinajstić information content (AvgIpc) is 3.32. The molecule has 4 aromatic rings. The maximum absolute atomic E-state index is 13.1. The fourth-order valence-electron chi connectivity index (χ4n) is 3.59. The molecule has 2 heterocycles. The van der Waals surface area contributed by atoms with Crippen LogP contribution in [0.5, 0.6) is 0 Å². The molecule has 0 unspecified atom stereocenters. The Labute approximate surface area is 188 Å². The van der Waals surface area contributed by atoms with E-state index in [-0.39, 0.29) is 9.79 Å². The topological polar surface area (TPSA) is 78.1 Å². The van der Waals surface area contributed by atoms with Crippen molar-refractivity contribution >= 4 is 20.0 Å². The van der Waals surface area contributed by atoms with Crippen LogP contribution in [0.25, 0.3) is 11.1 Å². The van der Waals surface area contributed by atoms with Gasteiger partial charge in [-0.3, -0.25) is 0 Å². The molecule has 0 aliphatic carbocycles. The smallest absolute Gasteiger partial charge is 0.246 e. The third-order valence-corrected chi connectivity index (χ3v) is 8.98. The van der Waals surface area contributed by atoms with E-state index in [1.165, 1.54) is 20.3 Å². The Morgan fingerprint density at radius 2 is 0.844 bits per heavy atom. The molecular weight excluding hydrogens is 444 g/mol. The fraction of sp³-hybridized carbons (Fsp3) is 0.167. The summed E-state index contributed by atoms with van der Waals surface area (Å²) in [7, 11) is -7.52. The van der Waals surface area contributed by atoms with E-state index in [4.69, 9.17) is 0 Å². The second kappa shape index (κ2) is 7.79. The molecule has 0 bridgehead atoms. The van der Waals surface area contributed by atoms with Crippen LogP contribution in [0, 0.1) is 27.7 Å². The summed E-state index contributed by atoms with van der Waals surface area (Å²) in [5.74, 6) is 0. The van der Waals surface area contributed by atoms with E-state index in [0.717, 1.165) is 11.1 Å². The summed E-state index contributed by atoms with van der Waals surface area (Å²) in [6.07, 6.45) is 3.06. The SMILES string of the molecule is Cc1ccc(S(=O)(=O)n2cc(-c3cc(C)n(S(=O)(=O)c4ccc(C)cc4)c3)cc2C)cc1. The molecule has 166 valence electrons. The van der Waals surface area contributed by atoms with Gasteiger partial charge < -0.3 is 0 Å². The van der Waals surface area contributed by atoms with Crippen LogP contribution in [-0.2, 0) is 20.0 Å². The van der Waals surface area contributed by atoms with Crippen molar-refractivity contribution in [3.8, 4) is 11.1 Å². The van der Waals surface area contributed by atoms with E-state index in [0.29, 0.717) is 22.5 Å². The highest BCUT2D eigenvalue weighted by atomic mass is 32.2. The van der Waals surface area contributed by atoms with Gasteiger partial charge in [0.15, 0.2) is 0 Å². The average molecular weight is 469 g/mol. The first-order valence-electron chi connectivity index (χ1n) is 10.0. The molecule has 0 N–H and O–H groups in total. The van der Waals surface area contributed by atoms with Crippen LogP contribution in [0.2, 0.25) is 0 Å². The Balaban J connectivity index is 1.75. The van der Waals surface area contributed by atoms with E-state index in [1.807, 2.05) is 13.8 Å². The number of hydrogen-bond donors (Lipinski definition) is 0. The van der Waals surface area contributed by atoms with Crippen molar-refractivity contribution in [3.05, 3.63) is 95.6 Å². The zero-order valence-corrected chi connectivity index (χ0v) is 19.9. The largest absolute Gasteiger partial charge is 0.267 e. The highest BCUT2D eigenvalue weighted by Gasteiger charge is 2.23. The van der Waals surface area contributed by atoms with Gasteiger partial charge in [-0.1, -0.05) is 35.4 Å². The molecule has 0 atom stereocenters. The molecule has 0 amide bonds. The minimum atomic E-state index is -3.76. The van der Waals surface area contributed by atoms with Gasteiger partial charge >= 0.3 is 0 Å². The molecule has 32 heavy (non-hydrogen) atoms. The minimum Gasteiger partial charge on any atom is -0.246 e. The predicted molar refractivity (Wildman–Crippen MR) is 125 cm³/mol. The Bertz CT molecular complexity index is 1390. The molecule has 0 radical (unpaired) electrons. The molecule has 2 aromatic heterocycles. The lowest BCUT2D eigenvalue weighted by molar-refractivity contribution is 0.584. The van der Waals surface area contributed by atoms with E-state index in [2.05, 4.69) is 0 Å². The number of aromatic nitrogens is 2. The Morgan fingerprint density at radius 1 is 0.531 bits per heavy atom. The Hall–Kier alpha value is -3.10. The third kappa shape index (κ3) is 3.80. The predicted octanol–water partition coefficient (Wildman–Crippen LogP) is 4.66. The van der Waals surface area contributed by atoms with Gasteiger partial charge in [-0.15, -0.1) is 0 Å². The van der Waals surface area contributed by atoms with E-state index < -0.39 is 20.0 Å². The fourth-order valence-corrected chi connectivity index (χ4v) is 6.37. The lowest BCUT2D eigenvalue weighted by Crippen LogP contribution is -2.13. The van der Waals surface area contributed by atoms with Crippen LogP contribution < -0.4 is 0 Å². The van der Waals surface area contributed by atoms with Crippen LogP contribution >= 0.6 is 0 Å². The van der Waals surface area contributed by atoms with Crippen LogP contribution in [-0.4, -0.2) is 24.8 Å². The summed E-state index contributed by atoms with van der Waals surface area (Å²) < 4.78 is 54.9. The van der Waals surface area contributed by atoms with Crippen molar-refractivity contribution in [2.24, 2.45) is 0 Å². The summed E-state index contributed by atoms with van der Waals surface area (Å²) in [5.41, 5.74) is 4.26. The van der Waals surface area contributed by atoms with Gasteiger partial charge in [-0.25, -0.2) is 24.8 Å². The van der Waals surface area contributed by atoms with Gasteiger partial charge in [0.2, 0.25) is 0 Å². The maximum Gasteiger partial charge on any atom is 0.267 e. The quantitative estimate of drug-likeness (QED) is 0.427. The molecule has 0 aliphatic heterocycles. The summed E-state index contributed by atoms with van der Waals surface area (Å²) in [6.45, 7) is 7.21. The van der Waals surface area contributed by atoms with E-state index in [9.17, 15) is 16.8 Å². The molecule has 8 heteroatoms. The summed E-state index contributed by atoms with van der Waals surface area (Å²) in [4.78, 5) is 0.396. The van der Waals surface area contributed by atoms with Crippen LogP contribution in [0.1, 0.15) is 22.5 Å². The normalized spacial score (nSPS) is 12.2. The first kappa shape index (κ1) is 22.1. The summed E-state index contributed by atoms with van der Waals surface area (Å²) in [6, 6.07) is 16.8. The van der Waals surface area contributed by atoms with Gasteiger partial charge in [0.25, 0.3) is 20.0 Å². The minimum absolute atomic E-state index is 0.198. The molecule has 2 aromatic carbocycles. The molecule has 4 rings (SSSR count).